The maximum atomic E-state index is 12.8. The molecule has 114 valence electrons. The van der Waals surface area contributed by atoms with Crippen LogP contribution in [0.1, 0.15) is 44.7 Å². The summed E-state index contributed by atoms with van der Waals surface area (Å²) in [6.07, 6.45) is 0. The SMILES string of the molecule is C=C(C)C.CC(C)c1ccccc1F.Cc1ccccc1. The van der Waals surface area contributed by atoms with Crippen molar-refractivity contribution in [3.05, 3.63) is 83.7 Å². The van der Waals surface area contributed by atoms with Crippen molar-refractivity contribution in [1.82, 2.24) is 0 Å². The molecule has 0 saturated heterocycles. The monoisotopic (exact) mass is 286 g/mol. The van der Waals surface area contributed by atoms with Crippen LogP contribution in [0.4, 0.5) is 4.39 Å². The molecule has 1 heteroatoms. The summed E-state index contributed by atoms with van der Waals surface area (Å²) in [5.41, 5.74) is 3.28. The van der Waals surface area contributed by atoms with Crippen molar-refractivity contribution >= 4 is 0 Å². The molecule has 2 rings (SSSR count). The molecule has 0 heterocycles. The van der Waals surface area contributed by atoms with Crippen LogP contribution in [0, 0.1) is 12.7 Å². The van der Waals surface area contributed by atoms with Crippen LogP contribution in [0.15, 0.2) is 66.7 Å². The first-order valence-electron chi connectivity index (χ1n) is 7.22. The topological polar surface area (TPSA) is 0 Å². The highest BCUT2D eigenvalue weighted by molar-refractivity contribution is 5.20. The van der Waals surface area contributed by atoms with Crippen LogP contribution in [-0.4, -0.2) is 0 Å². The van der Waals surface area contributed by atoms with E-state index in [0.717, 1.165) is 5.56 Å². The lowest BCUT2D eigenvalue weighted by Crippen LogP contribution is -1.90. The van der Waals surface area contributed by atoms with E-state index in [9.17, 15) is 4.39 Å². The lowest BCUT2D eigenvalue weighted by Gasteiger charge is -2.04. The molecule has 0 aromatic heterocycles. The van der Waals surface area contributed by atoms with Gasteiger partial charge in [-0.3, -0.25) is 0 Å². The molecule has 0 spiro atoms. The highest BCUT2D eigenvalue weighted by Gasteiger charge is 2.02. The van der Waals surface area contributed by atoms with Crippen molar-refractivity contribution in [3.8, 4) is 0 Å². The number of aryl methyl sites for hydroxylation is 1. The molecule has 0 N–H and O–H groups in total. The van der Waals surface area contributed by atoms with Crippen molar-refractivity contribution in [2.24, 2.45) is 0 Å². The third-order valence-corrected chi connectivity index (χ3v) is 2.47. The molecule has 0 bridgehead atoms. The van der Waals surface area contributed by atoms with Crippen LogP contribution in [-0.2, 0) is 0 Å². The number of halogens is 1. The Balaban J connectivity index is 0.000000317. The second-order valence-corrected chi connectivity index (χ2v) is 5.54. The number of hydrogen-bond acceptors (Lipinski definition) is 0. The van der Waals surface area contributed by atoms with Crippen LogP contribution in [0.5, 0.6) is 0 Å². The molecular weight excluding hydrogens is 259 g/mol. The van der Waals surface area contributed by atoms with E-state index >= 15 is 0 Å². The second kappa shape index (κ2) is 10.8. The van der Waals surface area contributed by atoms with Gasteiger partial charge in [-0.15, -0.1) is 6.58 Å². The third kappa shape index (κ3) is 10.5. The normalized spacial score (nSPS) is 9.10. The number of rotatable bonds is 1. The van der Waals surface area contributed by atoms with Crippen molar-refractivity contribution in [3.63, 3.8) is 0 Å². The minimum Gasteiger partial charge on any atom is -0.207 e. The van der Waals surface area contributed by atoms with E-state index in [4.69, 9.17) is 0 Å². The maximum Gasteiger partial charge on any atom is 0.126 e. The van der Waals surface area contributed by atoms with Crippen molar-refractivity contribution < 1.29 is 4.39 Å². The minimum absolute atomic E-state index is 0.0995. The van der Waals surface area contributed by atoms with Gasteiger partial charge in [0, 0.05) is 0 Å². The van der Waals surface area contributed by atoms with E-state index in [2.05, 4.69) is 25.6 Å². The largest absolute Gasteiger partial charge is 0.207 e. The van der Waals surface area contributed by atoms with Crippen LogP contribution in [0.25, 0.3) is 0 Å². The van der Waals surface area contributed by atoms with Gasteiger partial charge < -0.3 is 0 Å². The fourth-order valence-corrected chi connectivity index (χ4v) is 1.48. The summed E-state index contributed by atoms with van der Waals surface area (Å²) < 4.78 is 12.8. The summed E-state index contributed by atoms with van der Waals surface area (Å²) in [6.45, 7) is 13.6. The quantitative estimate of drug-likeness (QED) is 0.523. The summed E-state index contributed by atoms with van der Waals surface area (Å²) in [5.74, 6) is 0.179. The molecule has 2 aromatic rings. The van der Waals surface area contributed by atoms with Gasteiger partial charge in [0.25, 0.3) is 0 Å². The zero-order chi connectivity index (χ0) is 16.3. The van der Waals surface area contributed by atoms with Gasteiger partial charge in [0.2, 0.25) is 0 Å². The number of benzene rings is 2. The summed E-state index contributed by atoms with van der Waals surface area (Å²) in [4.78, 5) is 0. The summed E-state index contributed by atoms with van der Waals surface area (Å²) in [7, 11) is 0. The van der Waals surface area contributed by atoms with E-state index in [1.807, 2.05) is 58.0 Å². The van der Waals surface area contributed by atoms with E-state index < -0.39 is 0 Å². The second-order valence-electron chi connectivity index (χ2n) is 5.54. The lowest BCUT2D eigenvalue weighted by molar-refractivity contribution is 0.598. The minimum atomic E-state index is -0.0995. The van der Waals surface area contributed by atoms with Gasteiger partial charge in [-0.2, -0.15) is 0 Å². The highest BCUT2D eigenvalue weighted by Crippen LogP contribution is 2.16. The fraction of sp³-hybridized carbons (Fsp3) is 0.300. The van der Waals surface area contributed by atoms with Gasteiger partial charge >= 0.3 is 0 Å². The Morgan fingerprint density at radius 2 is 1.33 bits per heavy atom. The molecule has 0 aliphatic heterocycles. The molecule has 2 aromatic carbocycles. The first kappa shape index (κ1) is 19.1. The summed E-state index contributed by atoms with van der Waals surface area (Å²) in [5, 5.41) is 0. The van der Waals surface area contributed by atoms with E-state index in [-0.39, 0.29) is 11.7 Å². The zero-order valence-electron chi connectivity index (χ0n) is 13.9. The number of hydrogen-bond donors (Lipinski definition) is 0. The molecule has 0 atom stereocenters. The molecule has 0 nitrogen and oxygen atoms in total. The fourth-order valence-electron chi connectivity index (χ4n) is 1.48. The van der Waals surface area contributed by atoms with Gasteiger partial charge in [-0.1, -0.05) is 73.5 Å². The van der Waals surface area contributed by atoms with Gasteiger partial charge in [0.05, 0.1) is 0 Å². The van der Waals surface area contributed by atoms with E-state index in [1.165, 1.54) is 17.2 Å². The summed E-state index contributed by atoms with van der Waals surface area (Å²) >= 11 is 0. The van der Waals surface area contributed by atoms with Crippen LogP contribution >= 0.6 is 0 Å². The standard InChI is InChI=1S/C9H11F.C7H8.C4H8/c1-7(2)8-5-3-4-6-9(8)10;1-7-5-3-2-4-6-7;1-4(2)3/h3-7H,1-2H3;2-6H,1H3;1H2,2-3H3. The first-order chi connectivity index (χ1) is 9.84. The Kier molecular flexibility index (Phi) is 9.87. The van der Waals surface area contributed by atoms with Crippen molar-refractivity contribution in [2.45, 2.75) is 40.5 Å². The van der Waals surface area contributed by atoms with Gasteiger partial charge in [-0.05, 0) is 38.3 Å². The van der Waals surface area contributed by atoms with Crippen LogP contribution in [0.3, 0.4) is 0 Å². The van der Waals surface area contributed by atoms with Crippen molar-refractivity contribution in [2.75, 3.05) is 0 Å². The molecule has 0 unspecified atom stereocenters. The molecule has 0 amide bonds. The predicted molar refractivity (Wildman–Crippen MR) is 92.2 cm³/mol. The average Bonchev–Trinajstić information content (AvgIpc) is 2.40. The third-order valence-electron chi connectivity index (χ3n) is 2.47. The number of allylic oxidation sites excluding steroid dienone is 1. The van der Waals surface area contributed by atoms with Crippen molar-refractivity contribution in [1.29, 1.82) is 0 Å². The molecule has 0 fully saturated rings. The Morgan fingerprint density at radius 1 is 0.905 bits per heavy atom. The van der Waals surface area contributed by atoms with E-state index in [0.29, 0.717) is 0 Å². The molecule has 21 heavy (non-hydrogen) atoms. The van der Waals surface area contributed by atoms with E-state index in [1.54, 1.807) is 6.07 Å². The first-order valence-corrected chi connectivity index (χ1v) is 7.22. The zero-order valence-corrected chi connectivity index (χ0v) is 13.9. The smallest absolute Gasteiger partial charge is 0.126 e. The van der Waals surface area contributed by atoms with Crippen LogP contribution in [0.2, 0.25) is 0 Å². The molecule has 0 saturated carbocycles. The molecule has 0 aliphatic rings. The highest BCUT2D eigenvalue weighted by atomic mass is 19.1. The Morgan fingerprint density at radius 3 is 1.62 bits per heavy atom. The van der Waals surface area contributed by atoms with Gasteiger partial charge in [-0.25, -0.2) is 4.39 Å². The Labute approximate surface area is 129 Å². The lowest BCUT2D eigenvalue weighted by atomic mass is 10.0. The Bertz CT molecular complexity index is 508. The average molecular weight is 286 g/mol. The maximum absolute atomic E-state index is 12.8. The van der Waals surface area contributed by atoms with Gasteiger partial charge in [0.15, 0.2) is 0 Å². The summed E-state index contributed by atoms with van der Waals surface area (Å²) in [6, 6.07) is 17.1. The molecule has 0 aliphatic carbocycles. The molecular formula is C20H27F. The Hall–Kier alpha value is -1.89. The predicted octanol–water partition coefficient (Wildman–Crippen LogP) is 6.53. The molecule has 0 radical (unpaired) electrons. The van der Waals surface area contributed by atoms with Crippen LogP contribution < -0.4 is 0 Å². The van der Waals surface area contributed by atoms with Gasteiger partial charge in [0.1, 0.15) is 5.82 Å².